The van der Waals surface area contributed by atoms with Gasteiger partial charge in [0, 0.05) is 31.8 Å². The summed E-state index contributed by atoms with van der Waals surface area (Å²) in [6.45, 7) is 2.64. The third-order valence-corrected chi connectivity index (χ3v) is 7.33. The van der Waals surface area contributed by atoms with Crippen LogP contribution in [0.4, 0.5) is 5.69 Å². The fraction of sp³-hybridized carbons (Fsp3) is 0.368. The lowest BCUT2D eigenvalue weighted by Gasteiger charge is -2.28. The molecule has 0 bridgehead atoms. The van der Waals surface area contributed by atoms with Gasteiger partial charge in [-0.15, -0.1) is 12.4 Å². The molecule has 1 aliphatic heterocycles. The van der Waals surface area contributed by atoms with E-state index in [-0.39, 0.29) is 38.0 Å². The van der Waals surface area contributed by atoms with Gasteiger partial charge in [-0.2, -0.15) is 0 Å². The number of nitro benzene ring substituents is 1. The van der Waals surface area contributed by atoms with Crippen molar-refractivity contribution in [2.75, 3.05) is 19.6 Å². The van der Waals surface area contributed by atoms with Gasteiger partial charge in [0.1, 0.15) is 4.90 Å². The van der Waals surface area contributed by atoms with Gasteiger partial charge in [0.15, 0.2) is 0 Å². The minimum Gasteiger partial charge on any atom is -0.299 e. The Balaban J connectivity index is 0.00000320. The number of hydrogen-bond donors (Lipinski definition) is 1. The Morgan fingerprint density at radius 1 is 1.13 bits per heavy atom. The number of halogens is 3. The Bertz CT molecular complexity index is 1020. The van der Waals surface area contributed by atoms with E-state index in [4.69, 9.17) is 23.2 Å². The molecule has 1 heterocycles. The van der Waals surface area contributed by atoms with Crippen molar-refractivity contribution in [3.63, 3.8) is 0 Å². The Labute approximate surface area is 192 Å². The van der Waals surface area contributed by atoms with Crippen LogP contribution >= 0.6 is 35.6 Å². The van der Waals surface area contributed by atoms with Gasteiger partial charge < -0.3 is 0 Å². The number of hydrogen-bond acceptors (Lipinski definition) is 5. The molecule has 0 aromatic heterocycles. The number of rotatable bonds is 8. The summed E-state index contributed by atoms with van der Waals surface area (Å²) < 4.78 is 27.3. The number of nitro groups is 1. The Kier molecular flexibility index (Phi) is 8.90. The average molecular weight is 495 g/mol. The number of fused-ring (bicyclic) bond motifs is 1. The van der Waals surface area contributed by atoms with Crippen molar-refractivity contribution >= 4 is 51.3 Å². The molecule has 0 radical (unpaired) electrons. The van der Waals surface area contributed by atoms with E-state index in [2.05, 4.69) is 9.62 Å². The molecule has 2 aromatic carbocycles. The van der Waals surface area contributed by atoms with Crippen molar-refractivity contribution in [3.8, 4) is 0 Å². The molecule has 0 atom stereocenters. The fourth-order valence-corrected chi connectivity index (χ4v) is 5.18. The number of nitrogens with one attached hydrogen (secondary N) is 1. The van der Waals surface area contributed by atoms with E-state index < -0.39 is 10.0 Å². The fourth-order valence-electron chi connectivity index (χ4n) is 3.34. The molecule has 3 rings (SSSR count). The summed E-state index contributed by atoms with van der Waals surface area (Å²) in [7, 11) is -3.72. The lowest BCUT2D eigenvalue weighted by molar-refractivity contribution is -0.385. The summed E-state index contributed by atoms with van der Waals surface area (Å²) in [4.78, 5) is 12.8. The van der Waals surface area contributed by atoms with Gasteiger partial charge in [0.2, 0.25) is 10.0 Å². The molecule has 0 unspecified atom stereocenters. The smallest absolute Gasteiger partial charge is 0.269 e. The average Bonchev–Trinajstić information content (AvgIpc) is 2.69. The van der Waals surface area contributed by atoms with E-state index in [1.165, 1.54) is 12.1 Å². The van der Waals surface area contributed by atoms with E-state index in [0.29, 0.717) is 19.5 Å². The molecule has 1 N–H and O–H groups in total. The topological polar surface area (TPSA) is 92.6 Å². The lowest BCUT2D eigenvalue weighted by atomic mass is 9.99. The minimum atomic E-state index is -3.72. The molecule has 0 fully saturated rings. The maximum Gasteiger partial charge on any atom is 0.269 e. The highest BCUT2D eigenvalue weighted by atomic mass is 35.5. The molecular weight excluding hydrogens is 473 g/mol. The first kappa shape index (κ1) is 24.8. The summed E-state index contributed by atoms with van der Waals surface area (Å²) in [5.41, 5.74) is 2.25. The molecule has 2 aromatic rings. The first-order valence-electron chi connectivity index (χ1n) is 9.20. The van der Waals surface area contributed by atoms with Crippen molar-refractivity contribution in [2.24, 2.45) is 0 Å². The summed E-state index contributed by atoms with van der Waals surface area (Å²) in [6.07, 6.45) is 2.32. The van der Waals surface area contributed by atoms with Crippen molar-refractivity contribution in [1.29, 1.82) is 0 Å². The zero-order valence-electron chi connectivity index (χ0n) is 16.0. The van der Waals surface area contributed by atoms with Gasteiger partial charge in [0.25, 0.3) is 5.69 Å². The number of nitrogens with zero attached hydrogens (tertiary/aromatic N) is 2. The Morgan fingerprint density at radius 3 is 2.63 bits per heavy atom. The van der Waals surface area contributed by atoms with Crippen LogP contribution in [-0.2, 0) is 23.0 Å². The van der Waals surface area contributed by atoms with Gasteiger partial charge in [-0.05, 0) is 49.1 Å². The van der Waals surface area contributed by atoms with Crippen LogP contribution < -0.4 is 4.72 Å². The zero-order chi connectivity index (χ0) is 21.0. The molecule has 7 nitrogen and oxygen atoms in total. The number of unbranched alkanes of at least 4 members (excludes halogenated alkanes) is 1. The second kappa shape index (κ2) is 10.7. The molecule has 0 aliphatic carbocycles. The summed E-state index contributed by atoms with van der Waals surface area (Å²) >= 11 is 11.9. The van der Waals surface area contributed by atoms with Crippen LogP contribution in [0.15, 0.2) is 41.3 Å². The molecule has 1 aliphatic rings. The highest BCUT2D eigenvalue weighted by Crippen LogP contribution is 2.28. The molecule has 30 heavy (non-hydrogen) atoms. The molecule has 0 spiro atoms. The van der Waals surface area contributed by atoms with E-state index in [1.54, 1.807) is 18.2 Å². The van der Waals surface area contributed by atoms with Crippen LogP contribution in [0, 0.1) is 10.1 Å². The third kappa shape index (κ3) is 6.06. The summed E-state index contributed by atoms with van der Waals surface area (Å²) in [5, 5.41) is 11.2. The first-order chi connectivity index (χ1) is 13.8. The van der Waals surface area contributed by atoms with Crippen LogP contribution in [0.25, 0.3) is 0 Å². The molecular formula is C19H22Cl3N3O4S. The van der Waals surface area contributed by atoms with Crippen molar-refractivity contribution in [1.82, 2.24) is 9.62 Å². The van der Waals surface area contributed by atoms with Gasteiger partial charge in [-0.1, -0.05) is 35.3 Å². The molecule has 0 amide bonds. The maximum atomic E-state index is 12.4. The largest absolute Gasteiger partial charge is 0.299 e. The van der Waals surface area contributed by atoms with Crippen LogP contribution in [-0.4, -0.2) is 37.9 Å². The standard InChI is InChI=1S/C19H21Cl2N3O4S.ClH/c20-17-4-3-5-18(19(17)21)29(27,28)22-9-1-2-10-23-11-8-14-6-7-16(24(25)26)12-15(14)13-23;/h3-7,12,22H,1-2,8-11,13H2;1H. The van der Waals surface area contributed by atoms with Crippen molar-refractivity contribution in [3.05, 3.63) is 67.7 Å². The Morgan fingerprint density at radius 2 is 1.90 bits per heavy atom. The summed E-state index contributed by atoms with van der Waals surface area (Å²) in [5.74, 6) is 0. The van der Waals surface area contributed by atoms with Gasteiger partial charge >= 0.3 is 0 Å². The molecule has 0 saturated carbocycles. The zero-order valence-corrected chi connectivity index (χ0v) is 19.2. The predicted octanol–water partition coefficient (Wildman–Crippen LogP) is 4.44. The van der Waals surface area contributed by atoms with Crippen LogP contribution in [0.5, 0.6) is 0 Å². The Hall–Kier alpha value is -1.42. The highest BCUT2D eigenvalue weighted by molar-refractivity contribution is 7.89. The van der Waals surface area contributed by atoms with E-state index in [0.717, 1.165) is 37.1 Å². The predicted molar refractivity (Wildman–Crippen MR) is 120 cm³/mol. The normalized spacial score (nSPS) is 14.1. The third-order valence-electron chi connectivity index (χ3n) is 4.89. The molecule has 164 valence electrons. The molecule has 0 saturated heterocycles. The van der Waals surface area contributed by atoms with Gasteiger partial charge in [0.05, 0.1) is 15.0 Å². The van der Waals surface area contributed by atoms with Gasteiger partial charge in [-0.3, -0.25) is 15.0 Å². The first-order valence-corrected chi connectivity index (χ1v) is 11.4. The van der Waals surface area contributed by atoms with E-state index >= 15 is 0 Å². The monoisotopic (exact) mass is 493 g/mol. The maximum absolute atomic E-state index is 12.4. The van der Waals surface area contributed by atoms with Crippen molar-refractivity contribution in [2.45, 2.75) is 30.7 Å². The van der Waals surface area contributed by atoms with Crippen LogP contribution in [0.3, 0.4) is 0 Å². The second-order valence-corrected chi connectivity index (χ2v) is 9.41. The lowest BCUT2D eigenvalue weighted by Crippen LogP contribution is -2.32. The van der Waals surface area contributed by atoms with E-state index in [9.17, 15) is 18.5 Å². The molecule has 11 heteroatoms. The second-order valence-electron chi connectivity index (χ2n) is 6.89. The number of sulfonamides is 1. The number of non-ortho nitro benzene ring substituents is 1. The summed E-state index contributed by atoms with van der Waals surface area (Å²) in [6, 6.07) is 9.52. The quantitative estimate of drug-likeness (QED) is 0.333. The minimum absolute atomic E-state index is 0. The highest BCUT2D eigenvalue weighted by Gasteiger charge is 2.20. The van der Waals surface area contributed by atoms with Crippen molar-refractivity contribution < 1.29 is 13.3 Å². The SMILES string of the molecule is Cl.O=[N+]([O-])c1ccc2c(c1)CN(CCCCNS(=O)(=O)c1cccc(Cl)c1Cl)CC2. The van der Waals surface area contributed by atoms with Crippen LogP contribution in [0.1, 0.15) is 24.0 Å². The van der Waals surface area contributed by atoms with E-state index in [1.807, 2.05) is 6.07 Å². The van der Waals surface area contributed by atoms with Crippen LogP contribution in [0.2, 0.25) is 10.0 Å². The number of benzene rings is 2. The van der Waals surface area contributed by atoms with Gasteiger partial charge in [-0.25, -0.2) is 13.1 Å².